The van der Waals surface area contributed by atoms with E-state index in [2.05, 4.69) is 0 Å². The van der Waals surface area contributed by atoms with Gasteiger partial charge in [-0.25, -0.2) is 0 Å². The molecule has 0 aromatic heterocycles. The van der Waals surface area contributed by atoms with Crippen LogP contribution >= 0.6 is 11.6 Å². The Balaban J connectivity index is 2.96. The van der Waals surface area contributed by atoms with Crippen molar-refractivity contribution in [3.63, 3.8) is 0 Å². The highest BCUT2D eigenvalue weighted by Crippen LogP contribution is 2.23. The molecule has 17 heavy (non-hydrogen) atoms. The highest BCUT2D eigenvalue weighted by molar-refractivity contribution is 6.66. The van der Waals surface area contributed by atoms with Crippen LogP contribution < -0.4 is 0 Å². The van der Waals surface area contributed by atoms with Gasteiger partial charge in [-0.2, -0.15) is 0 Å². The summed E-state index contributed by atoms with van der Waals surface area (Å²) in [6, 6.07) is 8.64. The third-order valence-corrected chi connectivity index (χ3v) is 2.22. The maximum atomic E-state index is 11.9. The third-order valence-electron chi connectivity index (χ3n) is 2.00. The first-order valence-electron chi connectivity index (χ1n) is 5.28. The maximum Gasteiger partial charge on any atom is 0.322 e. The second kappa shape index (κ2) is 5.32. The van der Waals surface area contributed by atoms with Gasteiger partial charge in [0, 0.05) is 0 Å². The summed E-state index contributed by atoms with van der Waals surface area (Å²) in [5.41, 5.74) is -0.0991. The molecular formula is C13H15ClO3. The van der Waals surface area contributed by atoms with Crippen LogP contribution in [-0.4, -0.2) is 16.8 Å². The van der Waals surface area contributed by atoms with Crippen LogP contribution in [0.4, 0.5) is 0 Å². The van der Waals surface area contributed by atoms with E-state index in [1.165, 1.54) is 0 Å². The molecule has 0 aliphatic carbocycles. The van der Waals surface area contributed by atoms with Crippen LogP contribution in [0, 0.1) is 0 Å². The van der Waals surface area contributed by atoms with E-state index in [9.17, 15) is 9.59 Å². The predicted molar refractivity (Wildman–Crippen MR) is 65.9 cm³/mol. The van der Waals surface area contributed by atoms with Gasteiger partial charge in [-0.3, -0.25) is 9.59 Å². The van der Waals surface area contributed by atoms with Crippen molar-refractivity contribution in [1.29, 1.82) is 0 Å². The summed E-state index contributed by atoms with van der Waals surface area (Å²) >= 11 is 5.46. The van der Waals surface area contributed by atoms with Crippen LogP contribution in [0.15, 0.2) is 30.3 Å². The van der Waals surface area contributed by atoms with Gasteiger partial charge in [0.2, 0.25) is 5.24 Å². The third kappa shape index (κ3) is 4.19. The smallest absolute Gasteiger partial charge is 0.322 e. The summed E-state index contributed by atoms with van der Waals surface area (Å²) in [5, 5.41) is -0.731. The first-order chi connectivity index (χ1) is 7.81. The summed E-state index contributed by atoms with van der Waals surface area (Å²) < 4.78 is 5.17. The average molecular weight is 255 g/mol. The van der Waals surface area contributed by atoms with E-state index in [4.69, 9.17) is 16.3 Å². The number of rotatable bonds is 3. The van der Waals surface area contributed by atoms with Gasteiger partial charge in [0.25, 0.3) is 0 Å². The summed E-state index contributed by atoms with van der Waals surface area (Å²) in [6.07, 6.45) is 0. The molecule has 3 nitrogen and oxygen atoms in total. The van der Waals surface area contributed by atoms with E-state index < -0.39 is 22.7 Å². The second-order valence-corrected chi connectivity index (χ2v) is 5.05. The molecule has 4 heteroatoms. The van der Waals surface area contributed by atoms with Gasteiger partial charge >= 0.3 is 5.97 Å². The molecule has 0 aliphatic rings. The van der Waals surface area contributed by atoms with Crippen molar-refractivity contribution < 1.29 is 14.3 Å². The number of hydrogen-bond acceptors (Lipinski definition) is 3. The predicted octanol–water partition coefficient (Wildman–Crippen LogP) is 2.88. The van der Waals surface area contributed by atoms with E-state index in [0.29, 0.717) is 5.56 Å². The molecule has 0 amide bonds. The number of benzene rings is 1. The Morgan fingerprint density at radius 1 is 1.18 bits per heavy atom. The van der Waals surface area contributed by atoms with Crippen molar-refractivity contribution in [1.82, 2.24) is 0 Å². The largest absolute Gasteiger partial charge is 0.459 e. The van der Waals surface area contributed by atoms with Crippen LogP contribution in [-0.2, 0) is 14.3 Å². The number of ether oxygens (including phenoxy) is 1. The van der Waals surface area contributed by atoms with Gasteiger partial charge < -0.3 is 4.74 Å². The lowest BCUT2D eigenvalue weighted by Gasteiger charge is -2.22. The molecule has 1 rings (SSSR count). The van der Waals surface area contributed by atoms with E-state index in [1.54, 1.807) is 51.1 Å². The van der Waals surface area contributed by atoms with E-state index >= 15 is 0 Å². The fraction of sp³-hybridized carbons (Fsp3) is 0.385. The van der Waals surface area contributed by atoms with Crippen LogP contribution in [0.2, 0.25) is 0 Å². The van der Waals surface area contributed by atoms with Crippen LogP contribution in [0.25, 0.3) is 0 Å². The molecule has 92 valence electrons. The average Bonchev–Trinajstić information content (AvgIpc) is 2.15. The SMILES string of the molecule is CC(C)(C)OC(=O)[C@@H](C(=O)Cl)c1ccccc1. The van der Waals surface area contributed by atoms with E-state index in [1.807, 2.05) is 0 Å². The molecule has 0 saturated heterocycles. The fourth-order valence-corrected chi connectivity index (χ4v) is 1.58. The molecule has 0 unspecified atom stereocenters. The molecule has 0 heterocycles. The van der Waals surface area contributed by atoms with Gasteiger partial charge in [-0.1, -0.05) is 30.3 Å². The van der Waals surface area contributed by atoms with Gasteiger partial charge in [0.15, 0.2) is 5.92 Å². The number of halogens is 1. The Morgan fingerprint density at radius 3 is 2.12 bits per heavy atom. The number of carbonyl (C=O) groups is 2. The molecule has 1 aromatic carbocycles. The molecule has 0 fully saturated rings. The number of carbonyl (C=O) groups excluding carboxylic acids is 2. The lowest BCUT2D eigenvalue weighted by Crippen LogP contribution is -2.30. The summed E-state index contributed by atoms with van der Waals surface area (Å²) in [7, 11) is 0. The highest BCUT2D eigenvalue weighted by atomic mass is 35.5. The lowest BCUT2D eigenvalue weighted by atomic mass is 10.0. The Labute approximate surface area is 106 Å². The first-order valence-corrected chi connectivity index (χ1v) is 5.66. The summed E-state index contributed by atoms with van der Waals surface area (Å²) in [5.74, 6) is -1.68. The van der Waals surface area contributed by atoms with Crippen molar-refractivity contribution in [2.75, 3.05) is 0 Å². The molecule has 0 N–H and O–H groups in total. The van der Waals surface area contributed by atoms with Crippen molar-refractivity contribution in [2.24, 2.45) is 0 Å². The van der Waals surface area contributed by atoms with E-state index in [-0.39, 0.29) is 0 Å². The number of esters is 1. The van der Waals surface area contributed by atoms with Gasteiger partial charge in [0.1, 0.15) is 5.60 Å². The zero-order valence-electron chi connectivity index (χ0n) is 10.1. The minimum Gasteiger partial charge on any atom is -0.459 e. The molecular weight excluding hydrogens is 240 g/mol. The minimum atomic E-state index is -1.06. The molecule has 1 aromatic rings. The molecule has 1 atom stereocenters. The van der Waals surface area contributed by atoms with Crippen molar-refractivity contribution in [2.45, 2.75) is 32.3 Å². The topological polar surface area (TPSA) is 43.4 Å². The normalized spacial score (nSPS) is 12.9. The van der Waals surface area contributed by atoms with Gasteiger partial charge in [-0.15, -0.1) is 0 Å². The van der Waals surface area contributed by atoms with Crippen molar-refractivity contribution >= 4 is 22.8 Å². The monoisotopic (exact) mass is 254 g/mol. The quantitative estimate of drug-likeness (QED) is 0.473. The Morgan fingerprint density at radius 2 is 1.71 bits per heavy atom. The second-order valence-electron chi connectivity index (χ2n) is 4.68. The molecule has 0 radical (unpaired) electrons. The molecule has 0 aliphatic heterocycles. The van der Waals surface area contributed by atoms with Gasteiger partial charge in [0.05, 0.1) is 0 Å². The maximum absolute atomic E-state index is 11.9. The summed E-state index contributed by atoms with van der Waals surface area (Å²) in [6.45, 7) is 5.23. The zero-order valence-corrected chi connectivity index (χ0v) is 10.8. The first kappa shape index (κ1) is 13.7. The van der Waals surface area contributed by atoms with Crippen LogP contribution in [0.1, 0.15) is 32.3 Å². The Bertz CT molecular complexity index is 406. The van der Waals surface area contributed by atoms with Crippen LogP contribution in [0.5, 0.6) is 0 Å². The molecule has 0 saturated carbocycles. The van der Waals surface area contributed by atoms with Crippen LogP contribution in [0.3, 0.4) is 0 Å². The Kier molecular flexibility index (Phi) is 4.29. The number of hydrogen-bond donors (Lipinski definition) is 0. The molecule has 0 spiro atoms. The minimum absolute atomic E-state index is 0.543. The van der Waals surface area contributed by atoms with Crippen molar-refractivity contribution in [3.05, 3.63) is 35.9 Å². The standard InChI is InChI=1S/C13H15ClO3/c1-13(2,3)17-12(16)10(11(14)15)9-7-5-4-6-8-9/h4-8,10H,1-3H3/t10-/m1/s1. The Hall–Kier alpha value is -1.35. The van der Waals surface area contributed by atoms with Gasteiger partial charge in [-0.05, 0) is 37.9 Å². The van der Waals surface area contributed by atoms with E-state index in [0.717, 1.165) is 0 Å². The highest BCUT2D eigenvalue weighted by Gasteiger charge is 2.31. The molecule has 0 bridgehead atoms. The van der Waals surface area contributed by atoms with Crippen molar-refractivity contribution in [3.8, 4) is 0 Å². The summed E-state index contributed by atoms with van der Waals surface area (Å²) in [4.78, 5) is 23.2. The lowest BCUT2D eigenvalue weighted by molar-refractivity contribution is -0.157. The fourth-order valence-electron chi connectivity index (χ4n) is 1.37. The zero-order chi connectivity index (χ0) is 13.1.